The lowest BCUT2D eigenvalue weighted by atomic mass is 10.2. The number of fused-ring (bicyclic) bond motifs is 1. The Bertz CT molecular complexity index is 968. The minimum absolute atomic E-state index is 0.0170. The normalized spacial score (nSPS) is 18.0. The molecule has 0 saturated carbocycles. The minimum atomic E-state index is -0.162. The fourth-order valence-electron chi connectivity index (χ4n) is 3.19. The van der Waals surface area contributed by atoms with Crippen LogP contribution < -0.4 is 5.56 Å². The Kier molecular flexibility index (Phi) is 5.08. The standard InChI is InChI=1S/C19H19N3O2S2/c23-18(12-22-13-20-15-5-2-1-4-14(15)19(22)24)21-8-7-17(26-11-9-21)16-6-3-10-25-16/h1-6,10,13,17H,7-9,11-12H2. The second-order valence-electron chi connectivity index (χ2n) is 6.24. The van der Waals surface area contributed by atoms with E-state index in [2.05, 4.69) is 22.5 Å². The van der Waals surface area contributed by atoms with Gasteiger partial charge in [0.25, 0.3) is 5.56 Å². The van der Waals surface area contributed by atoms with E-state index >= 15 is 0 Å². The summed E-state index contributed by atoms with van der Waals surface area (Å²) in [5, 5.41) is 3.10. The van der Waals surface area contributed by atoms with Gasteiger partial charge in [-0.3, -0.25) is 14.2 Å². The Balaban J connectivity index is 1.47. The first kappa shape index (κ1) is 17.3. The summed E-state index contributed by atoms with van der Waals surface area (Å²) in [7, 11) is 0. The molecule has 0 N–H and O–H groups in total. The number of thioether (sulfide) groups is 1. The molecule has 1 saturated heterocycles. The van der Waals surface area contributed by atoms with Gasteiger partial charge in [0.05, 0.1) is 17.2 Å². The zero-order chi connectivity index (χ0) is 17.9. The molecule has 7 heteroatoms. The fraction of sp³-hybridized carbons (Fsp3) is 0.316. The molecule has 1 aromatic carbocycles. The number of hydrogen-bond acceptors (Lipinski definition) is 5. The Hall–Kier alpha value is -2.12. The van der Waals surface area contributed by atoms with Gasteiger partial charge in [-0.25, -0.2) is 4.98 Å². The van der Waals surface area contributed by atoms with Crippen molar-refractivity contribution in [2.24, 2.45) is 0 Å². The highest BCUT2D eigenvalue weighted by atomic mass is 32.2. The molecular formula is C19H19N3O2S2. The van der Waals surface area contributed by atoms with Crippen LogP contribution in [0.15, 0.2) is 52.9 Å². The highest BCUT2D eigenvalue weighted by Gasteiger charge is 2.23. The second kappa shape index (κ2) is 7.63. The van der Waals surface area contributed by atoms with Crippen LogP contribution in [-0.2, 0) is 11.3 Å². The molecule has 134 valence electrons. The van der Waals surface area contributed by atoms with Crippen LogP contribution >= 0.6 is 23.1 Å². The van der Waals surface area contributed by atoms with Crippen molar-refractivity contribution in [3.8, 4) is 0 Å². The van der Waals surface area contributed by atoms with E-state index in [-0.39, 0.29) is 18.0 Å². The summed E-state index contributed by atoms with van der Waals surface area (Å²) >= 11 is 3.69. The topological polar surface area (TPSA) is 55.2 Å². The quantitative estimate of drug-likeness (QED) is 0.695. The maximum atomic E-state index is 12.7. The number of benzene rings is 1. The summed E-state index contributed by atoms with van der Waals surface area (Å²) < 4.78 is 1.42. The van der Waals surface area contributed by atoms with Gasteiger partial charge in [0.15, 0.2) is 0 Å². The van der Waals surface area contributed by atoms with Crippen LogP contribution in [0.5, 0.6) is 0 Å². The number of carbonyl (C=O) groups is 1. The molecule has 4 rings (SSSR count). The van der Waals surface area contributed by atoms with Crippen molar-refractivity contribution in [1.29, 1.82) is 0 Å². The molecule has 0 bridgehead atoms. The third-order valence-electron chi connectivity index (χ3n) is 4.59. The van der Waals surface area contributed by atoms with Crippen molar-refractivity contribution in [2.45, 2.75) is 18.2 Å². The Morgan fingerprint density at radius 2 is 2.08 bits per heavy atom. The predicted octanol–water partition coefficient (Wildman–Crippen LogP) is 3.16. The summed E-state index contributed by atoms with van der Waals surface area (Å²) in [6.07, 6.45) is 2.42. The average Bonchev–Trinajstić information content (AvgIpc) is 3.08. The summed E-state index contributed by atoms with van der Waals surface area (Å²) in [6, 6.07) is 11.5. The lowest BCUT2D eigenvalue weighted by molar-refractivity contribution is -0.131. The van der Waals surface area contributed by atoms with Crippen molar-refractivity contribution in [3.05, 3.63) is 63.3 Å². The van der Waals surface area contributed by atoms with Crippen molar-refractivity contribution in [3.63, 3.8) is 0 Å². The largest absolute Gasteiger partial charge is 0.340 e. The van der Waals surface area contributed by atoms with Gasteiger partial charge >= 0.3 is 0 Å². The Labute approximate surface area is 159 Å². The van der Waals surface area contributed by atoms with E-state index in [1.165, 1.54) is 15.8 Å². The van der Waals surface area contributed by atoms with Gasteiger partial charge in [-0.05, 0) is 30.0 Å². The van der Waals surface area contributed by atoms with Crippen LogP contribution in [0.3, 0.4) is 0 Å². The first-order chi connectivity index (χ1) is 12.7. The third-order valence-corrected chi connectivity index (χ3v) is 7.04. The molecule has 1 aliphatic rings. The SMILES string of the molecule is O=C(Cn1cnc2ccccc2c1=O)N1CCSC(c2cccs2)CC1. The summed E-state index contributed by atoms with van der Waals surface area (Å²) in [5.74, 6) is 0.899. The zero-order valence-corrected chi connectivity index (χ0v) is 15.8. The number of carbonyl (C=O) groups excluding carboxylic acids is 1. The zero-order valence-electron chi connectivity index (χ0n) is 14.2. The van der Waals surface area contributed by atoms with Crippen LogP contribution in [0.2, 0.25) is 0 Å². The molecule has 1 amide bonds. The minimum Gasteiger partial charge on any atom is -0.340 e. The van der Waals surface area contributed by atoms with Gasteiger partial charge < -0.3 is 4.90 Å². The van der Waals surface area contributed by atoms with Crippen molar-refractivity contribution in [2.75, 3.05) is 18.8 Å². The van der Waals surface area contributed by atoms with E-state index in [4.69, 9.17) is 0 Å². The summed E-state index contributed by atoms with van der Waals surface area (Å²) in [5.41, 5.74) is 0.496. The average molecular weight is 386 g/mol. The number of amides is 1. The predicted molar refractivity (Wildman–Crippen MR) is 107 cm³/mol. The maximum absolute atomic E-state index is 12.7. The van der Waals surface area contributed by atoms with Crippen molar-refractivity contribution in [1.82, 2.24) is 14.5 Å². The summed E-state index contributed by atoms with van der Waals surface area (Å²) in [4.78, 5) is 32.9. The molecule has 0 spiro atoms. The van der Waals surface area contributed by atoms with Gasteiger partial charge in [-0.1, -0.05) is 18.2 Å². The molecule has 1 atom stereocenters. The van der Waals surface area contributed by atoms with Gasteiger partial charge in [0, 0.05) is 29.0 Å². The molecular weight excluding hydrogens is 366 g/mol. The Morgan fingerprint density at radius 1 is 1.19 bits per heavy atom. The smallest absolute Gasteiger partial charge is 0.261 e. The van der Waals surface area contributed by atoms with E-state index < -0.39 is 0 Å². The number of rotatable bonds is 3. The molecule has 1 fully saturated rings. The Morgan fingerprint density at radius 3 is 2.92 bits per heavy atom. The highest BCUT2D eigenvalue weighted by Crippen LogP contribution is 2.36. The second-order valence-corrected chi connectivity index (χ2v) is 8.53. The number of nitrogens with zero attached hydrogens (tertiary/aromatic N) is 3. The number of para-hydroxylation sites is 1. The molecule has 3 heterocycles. The molecule has 0 radical (unpaired) electrons. The van der Waals surface area contributed by atoms with E-state index in [0.29, 0.717) is 16.2 Å². The van der Waals surface area contributed by atoms with E-state index in [1.54, 1.807) is 23.5 Å². The first-order valence-electron chi connectivity index (χ1n) is 8.59. The third kappa shape index (κ3) is 3.54. The van der Waals surface area contributed by atoms with E-state index in [0.717, 1.165) is 25.3 Å². The molecule has 2 aromatic heterocycles. The lowest BCUT2D eigenvalue weighted by Crippen LogP contribution is -2.37. The monoisotopic (exact) mass is 385 g/mol. The van der Waals surface area contributed by atoms with Crippen LogP contribution in [0.25, 0.3) is 10.9 Å². The molecule has 5 nitrogen and oxygen atoms in total. The molecule has 3 aromatic rings. The fourth-order valence-corrected chi connectivity index (χ4v) is 5.42. The van der Waals surface area contributed by atoms with Gasteiger partial charge in [0.2, 0.25) is 5.91 Å². The van der Waals surface area contributed by atoms with Crippen molar-refractivity contribution >= 4 is 39.9 Å². The summed E-state index contributed by atoms with van der Waals surface area (Å²) in [6.45, 7) is 1.50. The van der Waals surface area contributed by atoms with Gasteiger partial charge in [-0.15, -0.1) is 11.3 Å². The van der Waals surface area contributed by atoms with Crippen LogP contribution in [0, 0.1) is 0 Å². The molecule has 1 unspecified atom stereocenters. The first-order valence-corrected chi connectivity index (χ1v) is 10.5. The van der Waals surface area contributed by atoms with Crippen LogP contribution in [-0.4, -0.2) is 39.2 Å². The number of hydrogen-bond donors (Lipinski definition) is 0. The number of aromatic nitrogens is 2. The highest BCUT2D eigenvalue weighted by molar-refractivity contribution is 7.99. The van der Waals surface area contributed by atoms with E-state index in [1.807, 2.05) is 28.8 Å². The van der Waals surface area contributed by atoms with Crippen molar-refractivity contribution < 1.29 is 4.79 Å². The lowest BCUT2D eigenvalue weighted by Gasteiger charge is -2.20. The maximum Gasteiger partial charge on any atom is 0.261 e. The van der Waals surface area contributed by atoms with Crippen LogP contribution in [0.1, 0.15) is 16.5 Å². The van der Waals surface area contributed by atoms with Gasteiger partial charge in [0.1, 0.15) is 6.54 Å². The molecule has 0 aliphatic carbocycles. The molecule has 1 aliphatic heterocycles. The van der Waals surface area contributed by atoms with E-state index in [9.17, 15) is 9.59 Å². The van der Waals surface area contributed by atoms with Gasteiger partial charge in [-0.2, -0.15) is 11.8 Å². The van der Waals surface area contributed by atoms with Crippen LogP contribution in [0.4, 0.5) is 0 Å². The number of thiophene rings is 1. The molecule has 26 heavy (non-hydrogen) atoms.